The normalized spacial score (nSPS) is 25.0. The number of carbonyl (C=O) groups is 1. The van der Waals surface area contributed by atoms with Crippen LogP contribution in [0.1, 0.15) is 32.1 Å². The molecule has 0 aromatic heterocycles. The number of Topliss-reactive ketones (excluding diaryl/α,β-unsaturated/α-hetero) is 1. The van der Waals surface area contributed by atoms with Gasteiger partial charge < -0.3 is 10.2 Å². The molecule has 0 spiro atoms. The van der Waals surface area contributed by atoms with Crippen LogP contribution in [0, 0.1) is 5.92 Å². The predicted molar refractivity (Wildman–Crippen MR) is 39.8 cm³/mol. The number of hydrogen-bond acceptors (Lipinski definition) is 3. The predicted octanol–water partition coefficient (Wildman–Crippen LogP) is 0.447. The molecule has 1 rings (SSSR count). The van der Waals surface area contributed by atoms with E-state index in [0.717, 1.165) is 12.8 Å². The average molecular weight is 158 g/mol. The molecule has 1 aliphatic carbocycles. The van der Waals surface area contributed by atoms with E-state index < -0.39 is 6.29 Å². The quantitative estimate of drug-likeness (QED) is 0.586. The highest BCUT2D eigenvalue weighted by atomic mass is 16.5. The summed E-state index contributed by atoms with van der Waals surface area (Å²) < 4.78 is 0. The molecule has 0 bridgehead atoms. The Kier molecular flexibility index (Phi) is 3.02. The maximum atomic E-state index is 10.8. The Bertz CT molecular complexity index is 142. The van der Waals surface area contributed by atoms with Crippen molar-refractivity contribution in [1.29, 1.82) is 0 Å². The third kappa shape index (κ3) is 2.99. The van der Waals surface area contributed by atoms with Crippen molar-refractivity contribution in [1.82, 2.24) is 0 Å². The summed E-state index contributed by atoms with van der Waals surface area (Å²) in [5.41, 5.74) is 0. The molecule has 1 atom stereocenters. The van der Waals surface area contributed by atoms with Crippen LogP contribution in [-0.2, 0) is 4.79 Å². The van der Waals surface area contributed by atoms with Crippen molar-refractivity contribution >= 4 is 5.78 Å². The van der Waals surface area contributed by atoms with Crippen molar-refractivity contribution in [2.45, 2.75) is 38.4 Å². The van der Waals surface area contributed by atoms with Crippen molar-refractivity contribution in [2.24, 2.45) is 5.92 Å². The van der Waals surface area contributed by atoms with Crippen LogP contribution in [0.25, 0.3) is 0 Å². The molecule has 0 radical (unpaired) electrons. The summed E-state index contributed by atoms with van der Waals surface area (Å²) in [5.74, 6) is 0.728. The molecule has 1 aliphatic rings. The molecule has 0 amide bonds. The Labute approximate surface area is 66.0 Å². The van der Waals surface area contributed by atoms with E-state index in [2.05, 4.69) is 0 Å². The summed E-state index contributed by atoms with van der Waals surface area (Å²) in [4.78, 5) is 10.8. The van der Waals surface area contributed by atoms with Gasteiger partial charge in [0.15, 0.2) is 6.29 Å². The lowest BCUT2D eigenvalue weighted by Crippen LogP contribution is -2.06. The Morgan fingerprint density at radius 3 is 2.73 bits per heavy atom. The molecular weight excluding hydrogens is 144 g/mol. The van der Waals surface area contributed by atoms with Gasteiger partial charge in [0, 0.05) is 12.8 Å². The maximum absolute atomic E-state index is 10.8. The van der Waals surface area contributed by atoms with E-state index >= 15 is 0 Å². The van der Waals surface area contributed by atoms with Crippen LogP contribution in [0.2, 0.25) is 0 Å². The zero-order valence-electron chi connectivity index (χ0n) is 6.49. The van der Waals surface area contributed by atoms with Gasteiger partial charge in [-0.25, -0.2) is 0 Å². The molecule has 3 nitrogen and oxygen atoms in total. The minimum Gasteiger partial charge on any atom is -0.368 e. The van der Waals surface area contributed by atoms with Crippen molar-refractivity contribution < 1.29 is 15.0 Å². The molecule has 2 N–H and O–H groups in total. The van der Waals surface area contributed by atoms with Gasteiger partial charge >= 0.3 is 0 Å². The first kappa shape index (κ1) is 8.68. The van der Waals surface area contributed by atoms with Gasteiger partial charge in [0.05, 0.1) is 0 Å². The summed E-state index contributed by atoms with van der Waals surface area (Å²) in [6, 6.07) is 0. The highest BCUT2D eigenvalue weighted by Crippen LogP contribution is 2.26. The third-order valence-electron chi connectivity index (χ3n) is 2.18. The van der Waals surface area contributed by atoms with Crippen LogP contribution in [0.5, 0.6) is 0 Å². The van der Waals surface area contributed by atoms with Crippen LogP contribution in [0.15, 0.2) is 0 Å². The molecule has 11 heavy (non-hydrogen) atoms. The van der Waals surface area contributed by atoms with Gasteiger partial charge in [-0.15, -0.1) is 0 Å². The first-order valence-corrected chi connectivity index (χ1v) is 4.06. The summed E-state index contributed by atoms with van der Waals surface area (Å²) in [5, 5.41) is 17.1. The van der Waals surface area contributed by atoms with E-state index in [1.54, 1.807) is 0 Å². The minimum atomic E-state index is -1.20. The summed E-state index contributed by atoms with van der Waals surface area (Å²) in [7, 11) is 0. The summed E-state index contributed by atoms with van der Waals surface area (Å²) in [6.45, 7) is 0. The van der Waals surface area contributed by atoms with Gasteiger partial charge in [0.25, 0.3) is 0 Å². The minimum absolute atomic E-state index is 0.322. The monoisotopic (exact) mass is 158 g/mol. The van der Waals surface area contributed by atoms with Gasteiger partial charge in [-0.1, -0.05) is 0 Å². The smallest absolute Gasteiger partial charge is 0.151 e. The van der Waals surface area contributed by atoms with E-state index in [1.165, 1.54) is 0 Å². The van der Waals surface area contributed by atoms with Crippen molar-refractivity contribution in [3.63, 3.8) is 0 Å². The molecular formula is C8H14O3. The Hall–Kier alpha value is -0.410. The average Bonchev–Trinajstić information content (AvgIpc) is 2.31. The fourth-order valence-electron chi connectivity index (χ4n) is 1.52. The molecule has 0 saturated heterocycles. The summed E-state index contributed by atoms with van der Waals surface area (Å²) in [6.07, 6.45) is 2.23. The van der Waals surface area contributed by atoms with E-state index in [4.69, 9.17) is 10.2 Å². The SMILES string of the molecule is O=C1CCC(CCC(O)O)C1. The molecule has 3 heteroatoms. The Morgan fingerprint density at radius 1 is 1.55 bits per heavy atom. The van der Waals surface area contributed by atoms with Crippen LogP contribution in [-0.4, -0.2) is 22.3 Å². The van der Waals surface area contributed by atoms with Gasteiger partial charge in [0.2, 0.25) is 0 Å². The number of aliphatic hydroxyl groups excluding tert-OH is 1. The molecule has 1 saturated carbocycles. The lowest BCUT2D eigenvalue weighted by atomic mass is 10.0. The fourth-order valence-corrected chi connectivity index (χ4v) is 1.52. The molecule has 0 aliphatic heterocycles. The van der Waals surface area contributed by atoms with E-state index in [1.807, 2.05) is 0 Å². The van der Waals surface area contributed by atoms with Crippen molar-refractivity contribution in [3.05, 3.63) is 0 Å². The molecule has 0 aromatic carbocycles. The highest BCUT2D eigenvalue weighted by Gasteiger charge is 2.21. The lowest BCUT2D eigenvalue weighted by Gasteiger charge is -2.07. The third-order valence-corrected chi connectivity index (χ3v) is 2.18. The van der Waals surface area contributed by atoms with E-state index in [-0.39, 0.29) is 0 Å². The molecule has 1 unspecified atom stereocenters. The zero-order chi connectivity index (χ0) is 8.27. The Morgan fingerprint density at radius 2 is 2.27 bits per heavy atom. The van der Waals surface area contributed by atoms with E-state index in [0.29, 0.717) is 31.0 Å². The largest absolute Gasteiger partial charge is 0.368 e. The topological polar surface area (TPSA) is 57.5 Å². The second-order valence-electron chi connectivity index (χ2n) is 3.21. The van der Waals surface area contributed by atoms with Crippen LogP contribution in [0.3, 0.4) is 0 Å². The van der Waals surface area contributed by atoms with Crippen LogP contribution >= 0.6 is 0 Å². The molecule has 64 valence electrons. The molecule has 0 heterocycles. The fraction of sp³-hybridized carbons (Fsp3) is 0.875. The number of rotatable bonds is 3. The number of carbonyl (C=O) groups excluding carboxylic acids is 1. The summed E-state index contributed by atoms with van der Waals surface area (Å²) >= 11 is 0. The molecule has 1 fully saturated rings. The van der Waals surface area contributed by atoms with Crippen molar-refractivity contribution in [3.8, 4) is 0 Å². The van der Waals surface area contributed by atoms with Crippen molar-refractivity contribution in [2.75, 3.05) is 0 Å². The number of aliphatic hydroxyl groups is 2. The van der Waals surface area contributed by atoms with Crippen LogP contribution in [0.4, 0.5) is 0 Å². The zero-order valence-corrected chi connectivity index (χ0v) is 6.49. The van der Waals surface area contributed by atoms with Gasteiger partial charge in [-0.3, -0.25) is 4.79 Å². The van der Waals surface area contributed by atoms with E-state index in [9.17, 15) is 4.79 Å². The second kappa shape index (κ2) is 3.83. The lowest BCUT2D eigenvalue weighted by molar-refractivity contribution is -0.117. The first-order chi connectivity index (χ1) is 5.18. The number of ketones is 1. The molecule has 0 aromatic rings. The van der Waals surface area contributed by atoms with Gasteiger partial charge in [-0.2, -0.15) is 0 Å². The van der Waals surface area contributed by atoms with Crippen LogP contribution < -0.4 is 0 Å². The van der Waals surface area contributed by atoms with Gasteiger partial charge in [-0.05, 0) is 25.2 Å². The first-order valence-electron chi connectivity index (χ1n) is 4.06. The number of hydrogen-bond donors (Lipinski definition) is 2. The highest BCUT2D eigenvalue weighted by molar-refractivity contribution is 5.80. The second-order valence-corrected chi connectivity index (χ2v) is 3.21. The Balaban J connectivity index is 2.13. The standard InChI is InChI=1S/C8H14O3/c9-7-3-1-6(5-7)2-4-8(10)11/h6,8,10-11H,1-5H2. The van der Waals surface area contributed by atoms with Gasteiger partial charge in [0.1, 0.15) is 5.78 Å². The maximum Gasteiger partial charge on any atom is 0.151 e.